The molecule has 1 aromatic rings. The fourth-order valence-electron chi connectivity index (χ4n) is 2.39. The van der Waals surface area contributed by atoms with Crippen LogP contribution in [0.3, 0.4) is 0 Å². The summed E-state index contributed by atoms with van der Waals surface area (Å²) in [5, 5.41) is 31.6. The van der Waals surface area contributed by atoms with Crippen LogP contribution in [0.2, 0.25) is 0 Å². The molecule has 1 aliphatic rings. The Morgan fingerprint density at radius 2 is 2.00 bits per heavy atom. The van der Waals surface area contributed by atoms with Gasteiger partial charge in [-0.2, -0.15) is 0 Å². The van der Waals surface area contributed by atoms with Gasteiger partial charge in [-0.05, 0) is 6.92 Å². The SMILES string of the molecule is CC(N)C(=O)NC(C(=O)O)[C@H]1O[C@@H](n2ccc(=O)[nH]c2=O)[C@H](O)[C@@H]1O. The highest BCUT2D eigenvalue weighted by atomic mass is 16.6. The molecule has 0 radical (unpaired) electrons. The number of nitrogens with two attached hydrogens (primary N) is 1. The Kier molecular flexibility index (Phi) is 5.37. The van der Waals surface area contributed by atoms with Crippen molar-refractivity contribution in [3.63, 3.8) is 0 Å². The topological polar surface area (TPSA) is 197 Å². The number of rotatable bonds is 5. The van der Waals surface area contributed by atoms with Gasteiger partial charge in [0.25, 0.3) is 5.56 Å². The fraction of sp³-hybridized carbons (Fsp3) is 0.538. The van der Waals surface area contributed by atoms with Crippen molar-refractivity contribution in [2.75, 3.05) is 0 Å². The molecule has 1 aliphatic heterocycles. The number of hydrogen-bond donors (Lipinski definition) is 6. The van der Waals surface area contributed by atoms with Gasteiger partial charge in [-0.3, -0.25) is 19.1 Å². The minimum absolute atomic E-state index is 0.682. The zero-order valence-corrected chi connectivity index (χ0v) is 13.0. The Labute approximate surface area is 139 Å². The maximum Gasteiger partial charge on any atom is 0.330 e. The van der Waals surface area contributed by atoms with Crippen molar-refractivity contribution >= 4 is 11.9 Å². The molecule has 2 unspecified atom stereocenters. The van der Waals surface area contributed by atoms with E-state index in [0.29, 0.717) is 0 Å². The second-order valence-corrected chi connectivity index (χ2v) is 5.60. The number of carboxylic acid groups (broad SMARTS) is 1. The first-order valence-corrected chi connectivity index (χ1v) is 7.25. The van der Waals surface area contributed by atoms with Crippen molar-refractivity contribution in [1.29, 1.82) is 0 Å². The zero-order chi connectivity index (χ0) is 18.9. The zero-order valence-electron chi connectivity index (χ0n) is 13.0. The number of carbonyl (C=O) groups excluding carboxylic acids is 1. The van der Waals surface area contributed by atoms with E-state index in [9.17, 15) is 34.5 Å². The van der Waals surface area contributed by atoms with Crippen molar-refractivity contribution in [2.45, 2.75) is 43.5 Å². The van der Waals surface area contributed by atoms with Crippen LogP contribution in [-0.2, 0) is 14.3 Å². The predicted octanol–water partition coefficient (Wildman–Crippen LogP) is -3.93. The third-order valence-electron chi connectivity index (χ3n) is 3.71. The highest BCUT2D eigenvalue weighted by Gasteiger charge is 2.50. The van der Waals surface area contributed by atoms with E-state index in [1.165, 1.54) is 6.92 Å². The highest BCUT2D eigenvalue weighted by Crippen LogP contribution is 2.30. The first-order chi connectivity index (χ1) is 11.6. The number of aliphatic carboxylic acids is 1. The summed E-state index contributed by atoms with van der Waals surface area (Å²) in [6, 6.07) is -1.74. The molecule has 25 heavy (non-hydrogen) atoms. The Hall–Kier alpha value is -2.54. The minimum Gasteiger partial charge on any atom is -0.480 e. The second-order valence-electron chi connectivity index (χ2n) is 5.60. The van der Waals surface area contributed by atoms with Crippen LogP contribution in [-0.4, -0.2) is 67.1 Å². The summed E-state index contributed by atoms with van der Waals surface area (Å²) >= 11 is 0. The summed E-state index contributed by atoms with van der Waals surface area (Å²) in [5.41, 5.74) is 3.76. The van der Waals surface area contributed by atoms with E-state index in [0.717, 1.165) is 16.8 Å². The van der Waals surface area contributed by atoms with Crippen LogP contribution in [0.5, 0.6) is 0 Å². The molecule has 1 saturated heterocycles. The van der Waals surface area contributed by atoms with Crippen LogP contribution in [0.25, 0.3) is 0 Å². The number of aromatic amines is 1. The van der Waals surface area contributed by atoms with Gasteiger partial charge in [0.05, 0.1) is 6.04 Å². The number of hydrogen-bond acceptors (Lipinski definition) is 8. The van der Waals surface area contributed by atoms with Gasteiger partial charge in [-0.1, -0.05) is 0 Å². The number of H-pyrrole nitrogens is 1. The molecule has 12 nitrogen and oxygen atoms in total. The molecule has 1 aromatic heterocycles. The predicted molar refractivity (Wildman–Crippen MR) is 80.5 cm³/mol. The highest BCUT2D eigenvalue weighted by molar-refractivity contribution is 5.86. The summed E-state index contributed by atoms with van der Waals surface area (Å²) in [6.07, 6.45) is -5.39. The quantitative estimate of drug-likeness (QED) is 0.304. The number of aromatic nitrogens is 2. The van der Waals surface area contributed by atoms with Crippen LogP contribution in [0.15, 0.2) is 21.9 Å². The average molecular weight is 358 g/mol. The van der Waals surface area contributed by atoms with Crippen molar-refractivity contribution in [2.24, 2.45) is 5.73 Å². The third kappa shape index (κ3) is 3.76. The van der Waals surface area contributed by atoms with Crippen LogP contribution in [0.4, 0.5) is 0 Å². The van der Waals surface area contributed by atoms with Gasteiger partial charge in [0.2, 0.25) is 5.91 Å². The number of ether oxygens (including phenoxy) is 1. The molecule has 0 bridgehead atoms. The molecule has 0 aliphatic carbocycles. The summed E-state index contributed by atoms with van der Waals surface area (Å²) in [4.78, 5) is 47.9. The molecule has 2 heterocycles. The molecule has 0 aromatic carbocycles. The molecule has 12 heteroatoms. The Morgan fingerprint density at radius 3 is 2.52 bits per heavy atom. The van der Waals surface area contributed by atoms with Crippen LogP contribution >= 0.6 is 0 Å². The summed E-state index contributed by atoms with van der Waals surface area (Å²) in [7, 11) is 0. The largest absolute Gasteiger partial charge is 0.480 e. The Balaban J connectivity index is 2.30. The first-order valence-electron chi connectivity index (χ1n) is 7.25. The molecule has 1 amide bonds. The van der Waals surface area contributed by atoms with E-state index in [1.807, 2.05) is 4.98 Å². The molecule has 0 spiro atoms. The third-order valence-corrected chi connectivity index (χ3v) is 3.71. The number of nitrogens with one attached hydrogen (secondary N) is 2. The average Bonchev–Trinajstić information content (AvgIpc) is 2.80. The number of aliphatic hydroxyl groups excluding tert-OH is 2. The Morgan fingerprint density at radius 1 is 1.36 bits per heavy atom. The van der Waals surface area contributed by atoms with Gasteiger partial charge in [-0.15, -0.1) is 0 Å². The normalized spacial score (nSPS) is 28.3. The van der Waals surface area contributed by atoms with E-state index in [-0.39, 0.29) is 0 Å². The molecule has 138 valence electrons. The maximum atomic E-state index is 11.8. The number of nitrogens with zero attached hydrogens (tertiary/aromatic N) is 1. The van der Waals surface area contributed by atoms with E-state index in [1.54, 1.807) is 0 Å². The lowest BCUT2D eigenvalue weighted by atomic mass is 10.0. The van der Waals surface area contributed by atoms with Gasteiger partial charge in [0.1, 0.15) is 18.3 Å². The first kappa shape index (κ1) is 18.8. The molecular weight excluding hydrogens is 340 g/mol. The standard InChI is InChI=1S/C13H18N4O8/c1-4(14)10(21)16-6(12(22)23)9-7(19)8(20)11(25-9)17-3-2-5(18)15-13(17)24/h2-4,6-9,11,19-20H,14H2,1H3,(H,16,21)(H,22,23)(H,15,18,24)/t4?,6?,7-,8+,9+,11+/m0/s1. The Bertz CT molecular complexity index is 772. The van der Waals surface area contributed by atoms with Crippen LogP contribution in [0, 0.1) is 0 Å². The van der Waals surface area contributed by atoms with E-state index in [4.69, 9.17) is 10.5 Å². The van der Waals surface area contributed by atoms with Gasteiger partial charge in [-0.25, -0.2) is 9.59 Å². The van der Waals surface area contributed by atoms with Crippen molar-refractivity contribution in [3.05, 3.63) is 33.1 Å². The lowest BCUT2D eigenvalue weighted by molar-refractivity contribution is -0.149. The molecule has 7 N–H and O–H groups in total. The molecule has 1 fully saturated rings. The van der Waals surface area contributed by atoms with Gasteiger partial charge in [0.15, 0.2) is 12.3 Å². The van der Waals surface area contributed by atoms with Crippen molar-refractivity contribution in [3.8, 4) is 0 Å². The lowest BCUT2D eigenvalue weighted by Crippen LogP contribution is -2.55. The lowest BCUT2D eigenvalue weighted by Gasteiger charge is -2.24. The maximum absolute atomic E-state index is 11.8. The second kappa shape index (κ2) is 7.14. The summed E-state index contributed by atoms with van der Waals surface area (Å²) < 4.78 is 6.09. The van der Waals surface area contributed by atoms with Crippen molar-refractivity contribution in [1.82, 2.24) is 14.9 Å². The summed E-state index contributed by atoms with van der Waals surface area (Å²) in [5.74, 6) is -2.33. The van der Waals surface area contributed by atoms with Crippen molar-refractivity contribution < 1.29 is 29.6 Å². The molecule has 6 atom stereocenters. The van der Waals surface area contributed by atoms with Crippen LogP contribution < -0.4 is 22.3 Å². The molecular formula is C13H18N4O8. The fourth-order valence-corrected chi connectivity index (χ4v) is 2.39. The molecule has 2 rings (SSSR count). The number of carbonyl (C=O) groups is 2. The van der Waals surface area contributed by atoms with Crippen LogP contribution in [0.1, 0.15) is 13.2 Å². The van der Waals surface area contributed by atoms with Gasteiger partial charge in [0, 0.05) is 12.3 Å². The summed E-state index contributed by atoms with van der Waals surface area (Å²) in [6.45, 7) is 1.33. The smallest absolute Gasteiger partial charge is 0.330 e. The van der Waals surface area contributed by atoms with Gasteiger partial charge < -0.3 is 31.1 Å². The van der Waals surface area contributed by atoms with E-state index in [2.05, 4.69) is 5.32 Å². The number of aliphatic hydroxyl groups is 2. The number of carboxylic acids is 1. The van der Waals surface area contributed by atoms with E-state index < -0.39 is 59.7 Å². The van der Waals surface area contributed by atoms with Gasteiger partial charge >= 0.3 is 11.7 Å². The molecule has 0 saturated carbocycles. The monoisotopic (exact) mass is 358 g/mol. The number of amides is 1. The van der Waals surface area contributed by atoms with E-state index >= 15 is 0 Å². The minimum atomic E-state index is -1.72.